The zero-order chi connectivity index (χ0) is 18.0. The number of hydrogen-bond donors (Lipinski definition) is 0. The fourth-order valence-corrected chi connectivity index (χ4v) is 3.96. The number of benzene rings is 1. The van der Waals surface area contributed by atoms with Gasteiger partial charge in [0.2, 0.25) is 11.8 Å². The summed E-state index contributed by atoms with van der Waals surface area (Å²) in [5.74, 6) is -0.553. The molecule has 0 saturated carbocycles. The van der Waals surface area contributed by atoms with Gasteiger partial charge in [-0.2, -0.15) is 0 Å². The molecule has 2 saturated heterocycles. The van der Waals surface area contributed by atoms with Crippen molar-refractivity contribution in [3.05, 3.63) is 35.6 Å². The van der Waals surface area contributed by atoms with Gasteiger partial charge in [-0.1, -0.05) is 19.1 Å². The number of hydrogen-bond acceptors (Lipinski definition) is 3. The number of piperazine rings is 1. The molecule has 2 fully saturated rings. The molecule has 2 heterocycles. The van der Waals surface area contributed by atoms with Gasteiger partial charge in [0, 0.05) is 39.6 Å². The highest BCUT2D eigenvalue weighted by molar-refractivity contribution is 5.85. The van der Waals surface area contributed by atoms with Crippen molar-refractivity contribution < 1.29 is 14.0 Å². The van der Waals surface area contributed by atoms with Gasteiger partial charge in [0.25, 0.3) is 0 Å². The van der Waals surface area contributed by atoms with Crippen molar-refractivity contribution in [1.82, 2.24) is 14.7 Å². The van der Waals surface area contributed by atoms with E-state index in [0.29, 0.717) is 18.4 Å². The van der Waals surface area contributed by atoms with E-state index >= 15 is 0 Å². The number of likely N-dealkylation sites (tertiary alicyclic amines) is 1. The predicted molar refractivity (Wildman–Crippen MR) is 93.3 cm³/mol. The highest BCUT2D eigenvalue weighted by atomic mass is 19.1. The summed E-state index contributed by atoms with van der Waals surface area (Å²) in [5.41, 5.74) is 0.695. The Morgan fingerprint density at radius 1 is 1.24 bits per heavy atom. The van der Waals surface area contributed by atoms with E-state index in [1.807, 2.05) is 4.90 Å². The van der Waals surface area contributed by atoms with Crippen molar-refractivity contribution in [2.75, 3.05) is 39.8 Å². The van der Waals surface area contributed by atoms with Crippen LogP contribution in [-0.2, 0) is 9.59 Å². The molecule has 2 amide bonds. The van der Waals surface area contributed by atoms with Crippen molar-refractivity contribution >= 4 is 11.8 Å². The maximum atomic E-state index is 13.7. The highest BCUT2D eigenvalue weighted by Gasteiger charge is 2.41. The normalized spacial score (nSPS) is 25.3. The molecule has 2 atom stereocenters. The molecular weight excluding hydrogens is 321 g/mol. The van der Waals surface area contributed by atoms with Crippen LogP contribution >= 0.6 is 0 Å². The van der Waals surface area contributed by atoms with E-state index in [9.17, 15) is 14.0 Å². The number of carbonyl (C=O) groups excluding carboxylic acids is 2. The van der Waals surface area contributed by atoms with Crippen molar-refractivity contribution in [2.45, 2.75) is 25.8 Å². The molecule has 0 radical (unpaired) electrons. The Hall–Kier alpha value is -1.95. The van der Waals surface area contributed by atoms with E-state index in [-0.39, 0.29) is 23.5 Å². The van der Waals surface area contributed by atoms with E-state index in [2.05, 4.69) is 11.8 Å². The second-order valence-electron chi connectivity index (χ2n) is 6.91. The predicted octanol–water partition coefficient (Wildman–Crippen LogP) is 1.90. The molecule has 25 heavy (non-hydrogen) atoms. The first kappa shape index (κ1) is 17.9. The third-order valence-corrected chi connectivity index (χ3v) is 5.50. The van der Waals surface area contributed by atoms with Crippen LogP contribution in [0.4, 0.5) is 4.39 Å². The van der Waals surface area contributed by atoms with Gasteiger partial charge < -0.3 is 14.7 Å². The molecule has 2 aliphatic rings. The van der Waals surface area contributed by atoms with Crippen LogP contribution in [0.25, 0.3) is 0 Å². The number of likely N-dealkylation sites (N-methyl/N-ethyl adjacent to an activating group) is 1. The molecule has 6 heteroatoms. The summed E-state index contributed by atoms with van der Waals surface area (Å²) >= 11 is 0. The van der Waals surface area contributed by atoms with E-state index < -0.39 is 6.04 Å². The summed E-state index contributed by atoms with van der Waals surface area (Å²) in [5, 5.41) is 0. The lowest BCUT2D eigenvalue weighted by molar-refractivity contribution is -0.147. The Kier molecular flexibility index (Phi) is 5.37. The topological polar surface area (TPSA) is 43.9 Å². The third-order valence-electron chi connectivity index (χ3n) is 5.50. The van der Waals surface area contributed by atoms with Crippen LogP contribution in [0.2, 0.25) is 0 Å². The van der Waals surface area contributed by atoms with Crippen LogP contribution in [0, 0.1) is 11.7 Å². The summed E-state index contributed by atoms with van der Waals surface area (Å²) < 4.78 is 13.7. The first-order chi connectivity index (χ1) is 12.0. The van der Waals surface area contributed by atoms with Crippen LogP contribution in [-0.4, -0.2) is 66.3 Å². The Balaban J connectivity index is 1.82. The van der Waals surface area contributed by atoms with Gasteiger partial charge in [-0.25, -0.2) is 4.39 Å². The van der Waals surface area contributed by atoms with Gasteiger partial charge in [-0.3, -0.25) is 9.59 Å². The van der Waals surface area contributed by atoms with Crippen LogP contribution in [0.1, 0.15) is 31.4 Å². The molecule has 0 bridgehead atoms. The second-order valence-corrected chi connectivity index (χ2v) is 6.91. The summed E-state index contributed by atoms with van der Waals surface area (Å²) in [7, 11) is 1.71. The number of rotatable bonds is 3. The van der Waals surface area contributed by atoms with Crippen molar-refractivity contribution in [3.63, 3.8) is 0 Å². The zero-order valence-electron chi connectivity index (χ0n) is 14.9. The van der Waals surface area contributed by atoms with Gasteiger partial charge >= 0.3 is 0 Å². The summed E-state index contributed by atoms with van der Waals surface area (Å²) in [6.45, 7) is 6.32. The fourth-order valence-electron chi connectivity index (χ4n) is 3.96. The van der Waals surface area contributed by atoms with Crippen LogP contribution < -0.4 is 0 Å². The maximum absolute atomic E-state index is 13.7. The summed E-state index contributed by atoms with van der Waals surface area (Å²) in [4.78, 5) is 31.2. The Labute approximate surface area is 148 Å². The van der Waals surface area contributed by atoms with E-state index in [1.165, 1.54) is 12.1 Å². The fraction of sp³-hybridized carbons (Fsp3) is 0.579. The van der Waals surface area contributed by atoms with Gasteiger partial charge in [0.15, 0.2) is 0 Å². The van der Waals surface area contributed by atoms with Crippen LogP contribution in [0.15, 0.2) is 24.3 Å². The Morgan fingerprint density at radius 2 is 1.96 bits per heavy atom. The first-order valence-corrected chi connectivity index (χ1v) is 9.03. The second kappa shape index (κ2) is 7.52. The monoisotopic (exact) mass is 347 g/mol. The van der Waals surface area contributed by atoms with E-state index in [1.54, 1.807) is 24.1 Å². The standard InChI is InChI=1S/C19H26FN3O2/c1-3-22-9-11-23(12-10-22)19(25)16-7-8-17(24)21(2)18(16)14-5-4-6-15(20)13-14/h4-6,13,16,18H,3,7-12H2,1-2H3/t16-,18+/m1/s1. The SMILES string of the molecule is CCN1CCN(C(=O)[C@@H]2CCC(=O)N(C)[C@H]2c2cccc(F)c2)CC1. The van der Waals surface area contributed by atoms with Crippen LogP contribution in [0.5, 0.6) is 0 Å². The molecule has 136 valence electrons. The van der Waals surface area contributed by atoms with E-state index in [4.69, 9.17) is 0 Å². The lowest BCUT2D eigenvalue weighted by Crippen LogP contribution is -2.53. The number of nitrogens with zero attached hydrogens (tertiary/aromatic N) is 3. The van der Waals surface area contributed by atoms with Crippen molar-refractivity contribution in [1.29, 1.82) is 0 Å². The quantitative estimate of drug-likeness (QED) is 0.839. The molecule has 2 aliphatic heterocycles. The smallest absolute Gasteiger partial charge is 0.228 e. The molecule has 1 aromatic carbocycles. The highest BCUT2D eigenvalue weighted by Crippen LogP contribution is 2.37. The summed E-state index contributed by atoms with van der Waals surface area (Å²) in [6, 6.07) is 5.87. The minimum Gasteiger partial charge on any atom is -0.340 e. The molecule has 0 aromatic heterocycles. The molecule has 3 rings (SSSR count). The Morgan fingerprint density at radius 3 is 2.60 bits per heavy atom. The molecule has 1 aromatic rings. The van der Waals surface area contributed by atoms with Crippen molar-refractivity contribution in [2.24, 2.45) is 5.92 Å². The minimum absolute atomic E-state index is 0.00844. The largest absolute Gasteiger partial charge is 0.340 e. The average molecular weight is 347 g/mol. The molecule has 0 spiro atoms. The number of amides is 2. The molecular formula is C19H26FN3O2. The molecule has 0 N–H and O–H groups in total. The van der Waals surface area contributed by atoms with Gasteiger partial charge in [0.1, 0.15) is 5.82 Å². The summed E-state index contributed by atoms with van der Waals surface area (Å²) in [6.07, 6.45) is 0.894. The average Bonchev–Trinajstić information content (AvgIpc) is 2.63. The van der Waals surface area contributed by atoms with Crippen LogP contribution in [0.3, 0.4) is 0 Å². The lowest BCUT2D eigenvalue weighted by atomic mass is 9.83. The number of carbonyl (C=O) groups is 2. The zero-order valence-corrected chi connectivity index (χ0v) is 14.9. The Bertz CT molecular complexity index is 643. The van der Waals surface area contributed by atoms with Gasteiger partial charge in [-0.05, 0) is 30.7 Å². The maximum Gasteiger partial charge on any atom is 0.228 e. The van der Waals surface area contributed by atoms with Gasteiger partial charge in [-0.15, -0.1) is 0 Å². The van der Waals surface area contributed by atoms with Gasteiger partial charge in [0.05, 0.1) is 12.0 Å². The number of piperidine rings is 1. The molecule has 5 nitrogen and oxygen atoms in total. The third kappa shape index (κ3) is 3.68. The first-order valence-electron chi connectivity index (χ1n) is 9.03. The molecule has 0 aliphatic carbocycles. The lowest BCUT2D eigenvalue weighted by Gasteiger charge is -2.42. The molecule has 0 unspecified atom stereocenters. The number of halogens is 1. The minimum atomic E-state index is -0.395. The van der Waals surface area contributed by atoms with Crippen molar-refractivity contribution in [3.8, 4) is 0 Å². The van der Waals surface area contributed by atoms with E-state index in [0.717, 1.165) is 32.7 Å².